The Morgan fingerprint density at radius 3 is 2.58 bits per heavy atom. The molecule has 8 rings (SSSR count). The maximum Gasteiger partial charge on any atom is 0.422 e. The minimum Gasteiger partial charge on any atom is -0.492 e. The third-order valence-corrected chi connectivity index (χ3v) is 7.57. The molecule has 16 heteroatoms. The van der Waals surface area contributed by atoms with Gasteiger partial charge in [-0.3, -0.25) is 9.59 Å². The van der Waals surface area contributed by atoms with E-state index >= 15 is 0 Å². The van der Waals surface area contributed by atoms with Crippen molar-refractivity contribution in [1.82, 2.24) is 25.2 Å². The average molecular weight is 714 g/mol. The third-order valence-electron chi connectivity index (χ3n) is 7.28. The number of hydrogen-bond donors (Lipinski definition) is 3. The van der Waals surface area contributed by atoms with Crippen molar-refractivity contribution in [3.05, 3.63) is 88.8 Å². The molecule has 0 unspecified atom stereocenters. The maximum atomic E-state index is 13.3. The van der Waals surface area contributed by atoms with Gasteiger partial charge in [-0.1, -0.05) is 31.5 Å². The summed E-state index contributed by atoms with van der Waals surface area (Å²) in [6.07, 6.45) is 2.12. The first kappa shape index (κ1) is 36.0. The molecule has 0 fully saturated rings. The van der Waals surface area contributed by atoms with Crippen molar-refractivity contribution in [3.8, 4) is 11.8 Å². The SMILES string of the molecule is CC1(C)CNC(=O)c2ccc(cc2)Nc2nc(nc(OCC(F)(F)F)n2)NCc2ccc(c(Cl)c2)OCCCN(C(=O)/C=C/c2ccoc2)C1. The van der Waals surface area contributed by atoms with Gasteiger partial charge < -0.3 is 34.7 Å². The maximum absolute atomic E-state index is 13.3. The van der Waals surface area contributed by atoms with Crippen LogP contribution in [0.15, 0.2) is 71.6 Å². The highest BCUT2D eigenvalue weighted by Crippen LogP contribution is 2.27. The van der Waals surface area contributed by atoms with E-state index in [-0.39, 0.29) is 43.4 Å². The van der Waals surface area contributed by atoms with Gasteiger partial charge in [0.25, 0.3) is 5.91 Å². The Bertz CT molecular complexity index is 1800. The van der Waals surface area contributed by atoms with Crippen molar-refractivity contribution in [1.29, 1.82) is 0 Å². The molecule has 50 heavy (non-hydrogen) atoms. The van der Waals surface area contributed by atoms with E-state index in [0.29, 0.717) is 47.1 Å². The first-order valence-corrected chi connectivity index (χ1v) is 15.9. The number of anilines is 3. The van der Waals surface area contributed by atoms with Crippen LogP contribution in [0.3, 0.4) is 0 Å². The van der Waals surface area contributed by atoms with Crippen molar-refractivity contribution < 1.29 is 36.7 Å². The Kier molecular flexibility index (Phi) is 11.5. The highest BCUT2D eigenvalue weighted by Gasteiger charge is 2.29. The summed E-state index contributed by atoms with van der Waals surface area (Å²) in [7, 11) is 0. The molecule has 0 saturated carbocycles. The number of carbonyl (C=O) groups is 2. The Hall–Kier alpha value is -5.31. The molecule has 0 saturated heterocycles. The fourth-order valence-corrected chi connectivity index (χ4v) is 5.09. The molecule has 4 aromatic rings. The molecule has 0 aliphatic carbocycles. The summed E-state index contributed by atoms with van der Waals surface area (Å²) in [5, 5.41) is 9.14. The van der Waals surface area contributed by atoms with Crippen molar-refractivity contribution in [2.24, 2.45) is 5.41 Å². The lowest BCUT2D eigenvalue weighted by atomic mass is 9.92. The van der Waals surface area contributed by atoms with Crippen LogP contribution in [-0.4, -0.2) is 70.7 Å². The van der Waals surface area contributed by atoms with Gasteiger partial charge in [0.15, 0.2) is 6.61 Å². The zero-order valence-electron chi connectivity index (χ0n) is 27.2. The molecule has 12 nitrogen and oxygen atoms in total. The lowest BCUT2D eigenvalue weighted by Crippen LogP contribution is -2.44. The lowest BCUT2D eigenvalue weighted by molar-refractivity contribution is -0.154. The van der Waals surface area contributed by atoms with Crippen molar-refractivity contribution >= 4 is 47.1 Å². The number of rotatable bonds is 4. The molecule has 4 aliphatic heterocycles. The minimum absolute atomic E-state index is 0.0529. The number of benzene rings is 2. The Balaban J connectivity index is 1.38. The normalized spacial score (nSPS) is 15.8. The van der Waals surface area contributed by atoms with Gasteiger partial charge in [0, 0.05) is 49.1 Å². The minimum atomic E-state index is -4.60. The molecule has 0 atom stereocenters. The number of nitrogens with zero attached hydrogens (tertiary/aromatic N) is 4. The van der Waals surface area contributed by atoms with Gasteiger partial charge >= 0.3 is 12.2 Å². The molecular formula is C34H35ClF3N7O5. The monoisotopic (exact) mass is 713 g/mol. The van der Waals surface area contributed by atoms with Gasteiger partial charge in [-0.15, -0.1) is 0 Å². The number of ether oxygens (including phenoxy) is 2. The predicted molar refractivity (Wildman–Crippen MR) is 180 cm³/mol. The van der Waals surface area contributed by atoms with Gasteiger partial charge in [-0.2, -0.15) is 28.1 Å². The van der Waals surface area contributed by atoms with Gasteiger partial charge in [-0.25, -0.2) is 0 Å². The summed E-state index contributed by atoms with van der Waals surface area (Å²) in [6, 6.07) is 12.7. The quantitative estimate of drug-likeness (QED) is 0.201. The van der Waals surface area contributed by atoms with Gasteiger partial charge in [0.2, 0.25) is 17.8 Å². The van der Waals surface area contributed by atoms with Crippen LogP contribution in [0.25, 0.3) is 6.08 Å². The summed E-state index contributed by atoms with van der Waals surface area (Å²) in [5.41, 5.74) is 1.77. The summed E-state index contributed by atoms with van der Waals surface area (Å²) < 4.78 is 54.4. The zero-order chi connectivity index (χ0) is 35.7. The molecular weight excluding hydrogens is 679 g/mol. The van der Waals surface area contributed by atoms with E-state index in [1.165, 1.54) is 18.6 Å². The molecule has 0 radical (unpaired) electrons. The second-order valence-corrected chi connectivity index (χ2v) is 12.6. The van der Waals surface area contributed by atoms with E-state index in [0.717, 1.165) is 5.56 Å². The molecule has 3 N–H and O–H groups in total. The van der Waals surface area contributed by atoms with E-state index in [4.69, 9.17) is 25.5 Å². The zero-order valence-corrected chi connectivity index (χ0v) is 28.0. The van der Waals surface area contributed by atoms with Gasteiger partial charge in [0.1, 0.15) is 5.75 Å². The fourth-order valence-electron chi connectivity index (χ4n) is 4.83. The van der Waals surface area contributed by atoms with Crippen LogP contribution in [0, 0.1) is 5.41 Å². The highest BCUT2D eigenvalue weighted by molar-refractivity contribution is 6.32. The largest absolute Gasteiger partial charge is 0.492 e. The van der Waals surface area contributed by atoms with Crippen LogP contribution in [0.4, 0.5) is 30.8 Å². The standard InChI is InChI=1S/C34H35ClF3N7O5/c1-33(2)19-40-29(47)24-6-8-25(9-7-24)41-31-42-30(43-32(44-31)50-21-34(36,37)38)39-17-23-4-10-27(26(35)16-23)49-14-3-13-45(20-33)28(46)11-5-22-12-15-48-18-22/h4-12,15-16,18H,3,13-14,17,19-21H2,1-2H3,(H,40,47)(H2,39,41,42,43,44)/b11-5+. The smallest absolute Gasteiger partial charge is 0.422 e. The van der Waals surface area contributed by atoms with E-state index in [1.807, 2.05) is 13.8 Å². The van der Waals surface area contributed by atoms with E-state index in [2.05, 4.69) is 30.9 Å². The van der Waals surface area contributed by atoms with Gasteiger partial charge in [-0.05, 0) is 65.9 Å². The molecule has 2 aromatic carbocycles. The number of alkyl halides is 3. The van der Waals surface area contributed by atoms with Crippen LogP contribution >= 0.6 is 11.6 Å². The lowest BCUT2D eigenvalue weighted by Gasteiger charge is -2.32. The fraction of sp³-hybridized carbons (Fsp3) is 0.324. The molecule has 0 spiro atoms. The number of nitrogens with one attached hydrogen (secondary N) is 3. The Morgan fingerprint density at radius 1 is 1.08 bits per heavy atom. The Morgan fingerprint density at radius 2 is 1.86 bits per heavy atom. The Labute approximate surface area is 291 Å². The number of hydrogen-bond acceptors (Lipinski definition) is 10. The van der Waals surface area contributed by atoms with Crippen LogP contribution in [0.1, 0.15) is 41.8 Å². The molecule has 6 bridgehead atoms. The topological polar surface area (TPSA) is 144 Å². The molecule has 4 aliphatic rings. The number of carbonyl (C=O) groups excluding carboxylic acids is 2. The number of furan rings is 1. The van der Waals surface area contributed by atoms with Crippen molar-refractivity contribution in [3.63, 3.8) is 0 Å². The van der Waals surface area contributed by atoms with E-state index in [1.54, 1.807) is 59.5 Å². The summed E-state index contributed by atoms with van der Waals surface area (Å²) in [6.45, 7) is 3.72. The van der Waals surface area contributed by atoms with Crippen LogP contribution in [0.5, 0.6) is 11.8 Å². The predicted octanol–water partition coefficient (Wildman–Crippen LogP) is 6.50. The number of amides is 2. The first-order valence-electron chi connectivity index (χ1n) is 15.6. The number of aromatic nitrogens is 3. The number of halogens is 4. The molecule has 6 heterocycles. The van der Waals surface area contributed by atoms with Crippen molar-refractivity contribution in [2.45, 2.75) is 33.0 Å². The van der Waals surface area contributed by atoms with E-state index in [9.17, 15) is 22.8 Å². The molecule has 264 valence electrons. The first-order chi connectivity index (χ1) is 23.8. The summed E-state index contributed by atoms with van der Waals surface area (Å²) >= 11 is 6.51. The average Bonchev–Trinajstić information content (AvgIpc) is 3.60. The van der Waals surface area contributed by atoms with Crippen LogP contribution < -0.4 is 25.4 Å². The van der Waals surface area contributed by atoms with Crippen molar-refractivity contribution in [2.75, 3.05) is 43.5 Å². The highest BCUT2D eigenvalue weighted by atomic mass is 35.5. The van der Waals surface area contributed by atoms with Gasteiger partial charge in [0.05, 0.1) is 24.2 Å². The third kappa shape index (κ3) is 10.9. The summed E-state index contributed by atoms with van der Waals surface area (Å²) in [4.78, 5) is 40.3. The van der Waals surface area contributed by atoms with Crippen LogP contribution in [-0.2, 0) is 11.3 Å². The molecule has 2 aromatic heterocycles. The summed E-state index contributed by atoms with van der Waals surface area (Å²) in [5.74, 6) is -0.239. The van der Waals surface area contributed by atoms with Crippen LogP contribution in [0.2, 0.25) is 5.02 Å². The second kappa shape index (κ2) is 15.9. The second-order valence-electron chi connectivity index (χ2n) is 12.2. The van der Waals surface area contributed by atoms with E-state index < -0.39 is 24.2 Å². The molecule has 2 amide bonds.